The van der Waals surface area contributed by atoms with Crippen molar-refractivity contribution in [3.8, 4) is 0 Å². The molecule has 0 atom stereocenters. The van der Waals surface area contributed by atoms with Crippen LogP contribution in [0.1, 0.15) is 17.7 Å². The largest absolute Gasteiger partial charge is 0.355 e. The zero-order valence-electron chi connectivity index (χ0n) is 14.1. The van der Waals surface area contributed by atoms with E-state index in [1.165, 1.54) is 15.4 Å². The van der Waals surface area contributed by atoms with Crippen LogP contribution >= 0.6 is 27.3 Å². The van der Waals surface area contributed by atoms with Crippen LogP contribution in [0.5, 0.6) is 0 Å². The minimum Gasteiger partial charge on any atom is -0.355 e. The SMILES string of the molecule is O=C(NCCc1ccc(Br)s1)C1CCN(S(=O)(=O)c2cccnc2)CC1. The first kappa shape index (κ1) is 19.5. The highest BCUT2D eigenvalue weighted by molar-refractivity contribution is 9.11. The summed E-state index contributed by atoms with van der Waals surface area (Å²) in [6.07, 6.45) is 4.78. The Kier molecular flexibility index (Phi) is 6.44. The molecule has 3 rings (SSSR count). The van der Waals surface area contributed by atoms with E-state index in [0.717, 1.165) is 10.2 Å². The van der Waals surface area contributed by atoms with Crippen LogP contribution in [-0.2, 0) is 21.2 Å². The molecule has 6 nitrogen and oxygen atoms in total. The monoisotopic (exact) mass is 457 g/mol. The lowest BCUT2D eigenvalue weighted by atomic mass is 9.97. The zero-order valence-corrected chi connectivity index (χ0v) is 17.3. The van der Waals surface area contributed by atoms with E-state index in [4.69, 9.17) is 0 Å². The van der Waals surface area contributed by atoms with Crippen molar-refractivity contribution in [2.75, 3.05) is 19.6 Å². The molecular weight excluding hydrogens is 438 g/mol. The number of carbonyl (C=O) groups excluding carboxylic acids is 1. The number of halogens is 1. The second-order valence-electron chi connectivity index (χ2n) is 6.11. The average molecular weight is 458 g/mol. The molecule has 0 spiro atoms. The number of amides is 1. The molecule has 1 N–H and O–H groups in total. The molecule has 0 bridgehead atoms. The molecule has 0 saturated carbocycles. The Morgan fingerprint density at radius 3 is 2.69 bits per heavy atom. The summed E-state index contributed by atoms with van der Waals surface area (Å²) in [6, 6.07) is 7.20. The maximum atomic E-state index is 12.6. The van der Waals surface area contributed by atoms with Crippen molar-refractivity contribution in [3.05, 3.63) is 45.3 Å². The fourth-order valence-electron chi connectivity index (χ4n) is 2.95. The standard InChI is InChI=1S/C17H20BrN3O3S2/c18-16-4-3-14(25-16)5-9-20-17(22)13-6-10-21(11-7-13)26(23,24)15-2-1-8-19-12-15/h1-4,8,12-13H,5-7,9-11H2,(H,20,22). The lowest BCUT2D eigenvalue weighted by Crippen LogP contribution is -2.43. The van der Waals surface area contributed by atoms with Crippen LogP contribution in [0.15, 0.2) is 45.3 Å². The Morgan fingerprint density at radius 1 is 1.31 bits per heavy atom. The molecule has 0 aromatic carbocycles. The number of carbonyl (C=O) groups is 1. The van der Waals surface area contributed by atoms with Gasteiger partial charge in [-0.1, -0.05) is 0 Å². The van der Waals surface area contributed by atoms with Crippen molar-refractivity contribution in [1.29, 1.82) is 0 Å². The van der Waals surface area contributed by atoms with Crippen molar-refractivity contribution in [3.63, 3.8) is 0 Å². The third-order valence-electron chi connectivity index (χ3n) is 4.40. The molecule has 1 aliphatic heterocycles. The number of thiophene rings is 1. The molecular formula is C17H20BrN3O3S2. The lowest BCUT2D eigenvalue weighted by Gasteiger charge is -2.30. The Labute approximate surface area is 165 Å². The Hall–Kier alpha value is -1.29. The Balaban J connectivity index is 1.48. The molecule has 26 heavy (non-hydrogen) atoms. The van der Waals surface area contributed by atoms with Crippen molar-refractivity contribution in [1.82, 2.24) is 14.6 Å². The summed E-state index contributed by atoms with van der Waals surface area (Å²) in [6.45, 7) is 1.31. The number of sulfonamides is 1. The number of pyridine rings is 1. The topological polar surface area (TPSA) is 79.4 Å². The maximum absolute atomic E-state index is 12.6. The molecule has 9 heteroatoms. The van der Waals surface area contributed by atoms with Crippen molar-refractivity contribution < 1.29 is 13.2 Å². The van der Waals surface area contributed by atoms with E-state index in [-0.39, 0.29) is 16.7 Å². The molecule has 0 aliphatic carbocycles. The average Bonchev–Trinajstić information content (AvgIpc) is 3.07. The summed E-state index contributed by atoms with van der Waals surface area (Å²) in [5.41, 5.74) is 0. The first-order valence-electron chi connectivity index (χ1n) is 8.39. The van der Waals surface area contributed by atoms with Crippen molar-refractivity contribution in [2.45, 2.75) is 24.2 Å². The van der Waals surface area contributed by atoms with E-state index in [2.05, 4.69) is 26.2 Å². The zero-order chi connectivity index (χ0) is 18.6. The molecule has 3 heterocycles. The van der Waals surface area contributed by atoms with Crippen LogP contribution in [0.25, 0.3) is 0 Å². The Morgan fingerprint density at radius 2 is 2.08 bits per heavy atom. The first-order chi connectivity index (χ1) is 12.5. The number of hydrogen-bond donors (Lipinski definition) is 1. The van der Waals surface area contributed by atoms with Gasteiger partial charge in [-0.15, -0.1) is 11.3 Å². The third-order valence-corrected chi connectivity index (χ3v) is 7.96. The van der Waals surface area contributed by atoms with Crippen LogP contribution in [0.3, 0.4) is 0 Å². The van der Waals surface area contributed by atoms with Gasteiger partial charge in [0, 0.05) is 42.8 Å². The summed E-state index contributed by atoms with van der Waals surface area (Å²) in [5.74, 6) is -0.121. The van der Waals surface area contributed by atoms with Crippen LogP contribution in [-0.4, -0.2) is 43.2 Å². The normalized spacial score (nSPS) is 16.5. The molecule has 1 amide bonds. The van der Waals surface area contributed by atoms with Gasteiger partial charge in [-0.25, -0.2) is 8.42 Å². The first-order valence-corrected chi connectivity index (χ1v) is 11.4. The van der Waals surface area contributed by atoms with Crippen LogP contribution in [0.2, 0.25) is 0 Å². The van der Waals surface area contributed by atoms with Crippen LogP contribution in [0.4, 0.5) is 0 Å². The number of piperidine rings is 1. The highest BCUT2D eigenvalue weighted by Gasteiger charge is 2.32. The number of nitrogens with zero attached hydrogens (tertiary/aromatic N) is 2. The van der Waals surface area contributed by atoms with E-state index in [9.17, 15) is 13.2 Å². The van der Waals surface area contributed by atoms with Gasteiger partial charge in [-0.3, -0.25) is 9.78 Å². The number of aromatic nitrogens is 1. The van der Waals surface area contributed by atoms with Gasteiger partial charge in [0.15, 0.2) is 0 Å². The lowest BCUT2D eigenvalue weighted by molar-refractivity contribution is -0.126. The summed E-state index contributed by atoms with van der Waals surface area (Å²) in [7, 11) is -3.53. The summed E-state index contributed by atoms with van der Waals surface area (Å²) < 4.78 is 27.7. The van der Waals surface area contributed by atoms with Gasteiger partial charge in [-0.2, -0.15) is 4.31 Å². The number of rotatable bonds is 6. The Bertz CT molecular complexity index is 847. The maximum Gasteiger partial charge on any atom is 0.244 e. The van der Waals surface area contributed by atoms with Crippen LogP contribution < -0.4 is 5.32 Å². The highest BCUT2D eigenvalue weighted by Crippen LogP contribution is 2.24. The summed E-state index contributed by atoms with van der Waals surface area (Å²) in [4.78, 5) is 17.6. The quantitative estimate of drug-likeness (QED) is 0.722. The second kappa shape index (κ2) is 8.60. The predicted molar refractivity (Wildman–Crippen MR) is 104 cm³/mol. The number of hydrogen-bond acceptors (Lipinski definition) is 5. The van der Waals surface area contributed by atoms with Gasteiger partial charge in [0.1, 0.15) is 4.90 Å². The molecule has 0 unspecified atom stereocenters. The van der Waals surface area contributed by atoms with Crippen molar-refractivity contribution in [2.24, 2.45) is 5.92 Å². The minimum atomic E-state index is -3.53. The smallest absolute Gasteiger partial charge is 0.244 e. The van der Waals surface area contributed by atoms with E-state index >= 15 is 0 Å². The molecule has 2 aromatic rings. The summed E-state index contributed by atoms with van der Waals surface area (Å²) in [5, 5.41) is 2.97. The van der Waals surface area contributed by atoms with Crippen molar-refractivity contribution >= 4 is 43.2 Å². The van der Waals surface area contributed by atoms with E-state index in [1.54, 1.807) is 29.7 Å². The fraction of sp³-hybridized carbons (Fsp3) is 0.412. The third kappa shape index (κ3) is 4.70. The van der Waals surface area contributed by atoms with Gasteiger partial charge < -0.3 is 5.32 Å². The van der Waals surface area contributed by atoms with Gasteiger partial charge in [0.2, 0.25) is 15.9 Å². The molecule has 140 valence electrons. The fourth-order valence-corrected chi connectivity index (χ4v) is 5.86. The highest BCUT2D eigenvalue weighted by atomic mass is 79.9. The summed E-state index contributed by atoms with van der Waals surface area (Å²) >= 11 is 5.09. The van der Waals surface area contributed by atoms with E-state index in [0.29, 0.717) is 32.5 Å². The molecule has 1 fully saturated rings. The van der Waals surface area contributed by atoms with Gasteiger partial charge >= 0.3 is 0 Å². The molecule has 1 aliphatic rings. The molecule has 2 aromatic heterocycles. The molecule has 1 saturated heterocycles. The second-order valence-corrected chi connectivity index (χ2v) is 10.6. The predicted octanol–water partition coefficient (Wildman–Crippen LogP) is 2.67. The number of nitrogens with one attached hydrogen (secondary N) is 1. The van der Waals surface area contributed by atoms with E-state index in [1.807, 2.05) is 12.1 Å². The van der Waals surface area contributed by atoms with Gasteiger partial charge in [0.25, 0.3) is 0 Å². The minimum absolute atomic E-state index is 0.0130. The van der Waals surface area contributed by atoms with Gasteiger partial charge in [-0.05, 0) is 59.5 Å². The van der Waals surface area contributed by atoms with E-state index < -0.39 is 10.0 Å². The van der Waals surface area contributed by atoms with Crippen LogP contribution in [0, 0.1) is 5.92 Å². The molecule has 0 radical (unpaired) electrons. The van der Waals surface area contributed by atoms with Gasteiger partial charge in [0.05, 0.1) is 3.79 Å².